The smallest absolute Gasteiger partial charge is 0.227 e. The van der Waals surface area contributed by atoms with Gasteiger partial charge in [-0.25, -0.2) is 0 Å². The summed E-state index contributed by atoms with van der Waals surface area (Å²) >= 11 is 5.82. The van der Waals surface area contributed by atoms with E-state index in [9.17, 15) is 9.59 Å². The summed E-state index contributed by atoms with van der Waals surface area (Å²) < 4.78 is 0. The van der Waals surface area contributed by atoms with E-state index in [1.807, 2.05) is 31.2 Å². The molecule has 90 valence electrons. The lowest BCUT2D eigenvalue weighted by Gasteiger charge is -2.32. The first-order valence-electron chi connectivity index (χ1n) is 5.54. The normalized spacial score (nSPS) is 18.9. The van der Waals surface area contributed by atoms with E-state index in [1.165, 1.54) is 0 Å². The van der Waals surface area contributed by atoms with Crippen molar-refractivity contribution >= 4 is 23.4 Å². The molecule has 1 N–H and O–H groups in total. The molecule has 0 spiro atoms. The van der Waals surface area contributed by atoms with Gasteiger partial charge in [0, 0.05) is 17.9 Å². The van der Waals surface area contributed by atoms with E-state index in [-0.39, 0.29) is 17.2 Å². The second-order valence-corrected chi connectivity index (χ2v) is 5.38. The van der Waals surface area contributed by atoms with Crippen LogP contribution >= 0.6 is 11.6 Å². The second-order valence-electron chi connectivity index (χ2n) is 4.94. The second kappa shape index (κ2) is 4.49. The molecule has 1 aromatic rings. The number of amides is 2. The summed E-state index contributed by atoms with van der Waals surface area (Å²) in [6.07, 6.45) is 1.49. The van der Waals surface area contributed by atoms with E-state index in [2.05, 4.69) is 5.32 Å². The summed E-state index contributed by atoms with van der Waals surface area (Å²) in [4.78, 5) is 22.8. The molecule has 0 bridgehead atoms. The lowest BCUT2D eigenvalue weighted by Crippen LogP contribution is -2.44. The zero-order valence-electron chi connectivity index (χ0n) is 9.63. The zero-order chi connectivity index (χ0) is 12.5. The van der Waals surface area contributed by atoms with Gasteiger partial charge in [0.15, 0.2) is 0 Å². The van der Waals surface area contributed by atoms with Gasteiger partial charge in [-0.1, -0.05) is 30.7 Å². The average Bonchev–Trinajstić information content (AvgIpc) is 2.19. The number of hydrogen-bond acceptors (Lipinski definition) is 2. The van der Waals surface area contributed by atoms with E-state index < -0.39 is 0 Å². The SMILES string of the molecule is CC1(Cc2ccc(Cl)cc2)CC(=O)NC(=O)C1. The van der Waals surface area contributed by atoms with Crippen LogP contribution in [0.2, 0.25) is 5.02 Å². The van der Waals surface area contributed by atoms with Crippen LogP contribution < -0.4 is 5.32 Å². The first-order valence-corrected chi connectivity index (χ1v) is 5.92. The van der Waals surface area contributed by atoms with Crippen LogP contribution in [0.25, 0.3) is 0 Å². The fraction of sp³-hybridized carbons (Fsp3) is 0.385. The topological polar surface area (TPSA) is 46.2 Å². The third-order valence-corrected chi connectivity index (χ3v) is 3.25. The van der Waals surface area contributed by atoms with Gasteiger partial charge in [0.05, 0.1) is 0 Å². The van der Waals surface area contributed by atoms with Crippen molar-refractivity contribution in [3.63, 3.8) is 0 Å². The molecular formula is C13H14ClNO2. The number of nitrogens with one attached hydrogen (secondary N) is 1. The molecule has 0 radical (unpaired) electrons. The fourth-order valence-corrected chi connectivity index (χ4v) is 2.43. The maximum absolute atomic E-state index is 11.4. The molecule has 0 aromatic heterocycles. The van der Waals surface area contributed by atoms with Gasteiger partial charge in [-0.3, -0.25) is 14.9 Å². The Labute approximate surface area is 105 Å². The highest BCUT2D eigenvalue weighted by Gasteiger charge is 2.35. The van der Waals surface area contributed by atoms with Crippen molar-refractivity contribution in [2.75, 3.05) is 0 Å². The van der Waals surface area contributed by atoms with Gasteiger partial charge in [-0.05, 0) is 29.5 Å². The highest BCUT2D eigenvalue weighted by molar-refractivity contribution is 6.30. The van der Waals surface area contributed by atoms with Crippen LogP contribution in [0.5, 0.6) is 0 Å². The molecule has 0 aliphatic carbocycles. The molecule has 1 aliphatic rings. The Kier molecular flexibility index (Phi) is 3.20. The van der Waals surface area contributed by atoms with Gasteiger partial charge in [-0.15, -0.1) is 0 Å². The van der Waals surface area contributed by atoms with Gasteiger partial charge in [0.25, 0.3) is 0 Å². The molecule has 0 atom stereocenters. The largest absolute Gasteiger partial charge is 0.296 e. The molecule has 17 heavy (non-hydrogen) atoms. The van der Waals surface area contributed by atoms with Crippen LogP contribution in [-0.4, -0.2) is 11.8 Å². The van der Waals surface area contributed by atoms with E-state index in [4.69, 9.17) is 11.6 Å². The van der Waals surface area contributed by atoms with Crippen LogP contribution in [0, 0.1) is 5.41 Å². The molecule has 2 amide bonds. The monoisotopic (exact) mass is 251 g/mol. The first kappa shape index (κ1) is 12.1. The van der Waals surface area contributed by atoms with Crippen molar-refractivity contribution in [3.05, 3.63) is 34.9 Å². The van der Waals surface area contributed by atoms with Gasteiger partial charge < -0.3 is 0 Å². The third kappa shape index (κ3) is 3.07. The number of carbonyl (C=O) groups excluding carboxylic acids is 2. The van der Waals surface area contributed by atoms with Crippen LogP contribution in [-0.2, 0) is 16.0 Å². The van der Waals surface area contributed by atoms with Gasteiger partial charge >= 0.3 is 0 Å². The van der Waals surface area contributed by atoms with Crippen molar-refractivity contribution in [2.45, 2.75) is 26.2 Å². The number of halogens is 1. The van der Waals surface area contributed by atoms with Crippen LogP contribution in [0.3, 0.4) is 0 Å². The Morgan fingerprint density at radius 3 is 2.24 bits per heavy atom. The fourth-order valence-electron chi connectivity index (χ4n) is 2.30. The van der Waals surface area contributed by atoms with Gasteiger partial charge in [0.2, 0.25) is 11.8 Å². The molecule has 1 fully saturated rings. The van der Waals surface area contributed by atoms with E-state index in [0.29, 0.717) is 24.3 Å². The minimum atomic E-state index is -0.284. The average molecular weight is 252 g/mol. The Morgan fingerprint density at radius 1 is 1.18 bits per heavy atom. The lowest BCUT2D eigenvalue weighted by atomic mass is 9.75. The minimum Gasteiger partial charge on any atom is -0.296 e. The van der Waals surface area contributed by atoms with E-state index >= 15 is 0 Å². The summed E-state index contributed by atoms with van der Waals surface area (Å²) in [5.41, 5.74) is 0.812. The Hall–Kier alpha value is -1.35. The summed E-state index contributed by atoms with van der Waals surface area (Å²) in [6.45, 7) is 1.97. The first-order chi connectivity index (χ1) is 7.97. The summed E-state index contributed by atoms with van der Waals surface area (Å²) in [5.74, 6) is -0.365. The third-order valence-electron chi connectivity index (χ3n) is 3.00. The number of benzene rings is 1. The zero-order valence-corrected chi connectivity index (χ0v) is 10.4. The molecule has 1 heterocycles. The lowest BCUT2D eigenvalue weighted by molar-refractivity contribution is -0.137. The molecule has 1 aromatic carbocycles. The minimum absolute atomic E-state index is 0.183. The molecule has 3 nitrogen and oxygen atoms in total. The molecule has 0 saturated carbocycles. The Bertz CT molecular complexity index is 437. The molecule has 1 saturated heterocycles. The predicted molar refractivity (Wildman–Crippen MR) is 65.6 cm³/mol. The molecule has 0 unspecified atom stereocenters. The summed E-state index contributed by atoms with van der Waals surface area (Å²) in [5, 5.41) is 3.02. The van der Waals surface area contributed by atoms with E-state index in [0.717, 1.165) is 5.56 Å². The molecule has 1 aliphatic heterocycles. The number of hydrogen-bond donors (Lipinski definition) is 1. The predicted octanol–water partition coefficient (Wildman–Crippen LogP) is 2.33. The number of carbonyl (C=O) groups is 2. The molecule has 2 rings (SSSR count). The van der Waals surface area contributed by atoms with Crippen molar-refractivity contribution in [3.8, 4) is 0 Å². The van der Waals surface area contributed by atoms with Crippen molar-refractivity contribution in [1.82, 2.24) is 5.32 Å². The van der Waals surface area contributed by atoms with Crippen molar-refractivity contribution in [2.24, 2.45) is 5.41 Å². The van der Waals surface area contributed by atoms with Gasteiger partial charge in [0.1, 0.15) is 0 Å². The highest BCUT2D eigenvalue weighted by Crippen LogP contribution is 2.33. The molecular weight excluding hydrogens is 238 g/mol. The van der Waals surface area contributed by atoms with E-state index in [1.54, 1.807) is 0 Å². The molecule has 4 heteroatoms. The maximum atomic E-state index is 11.4. The standard InChI is InChI=1S/C13H14ClNO2/c1-13(7-11(16)15-12(17)8-13)6-9-2-4-10(14)5-3-9/h2-5H,6-8H2,1H3,(H,15,16,17). The quantitative estimate of drug-likeness (QED) is 0.820. The van der Waals surface area contributed by atoms with Crippen molar-refractivity contribution < 1.29 is 9.59 Å². The summed E-state index contributed by atoms with van der Waals surface area (Å²) in [6, 6.07) is 7.52. The summed E-state index contributed by atoms with van der Waals surface area (Å²) in [7, 11) is 0. The van der Waals surface area contributed by atoms with Crippen LogP contribution in [0.15, 0.2) is 24.3 Å². The van der Waals surface area contributed by atoms with Crippen LogP contribution in [0.4, 0.5) is 0 Å². The maximum Gasteiger partial charge on any atom is 0.227 e. The number of piperidine rings is 1. The Balaban J connectivity index is 2.13. The Morgan fingerprint density at radius 2 is 1.71 bits per heavy atom. The van der Waals surface area contributed by atoms with Gasteiger partial charge in [-0.2, -0.15) is 0 Å². The number of imide groups is 1. The van der Waals surface area contributed by atoms with Crippen molar-refractivity contribution in [1.29, 1.82) is 0 Å². The highest BCUT2D eigenvalue weighted by atomic mass is 35.5. The van der Waals surface area contributed by atoms with Crippen LogP contribution in [0.1, 0.15) is 25.3 Å². The number of rotatable bonds is 2.